The van der Waals surface area contributed by atoms with Crippen LogP contribution in [0.1, 0.15) is 0 Å². The highest BCUT2D eigenvalue weighted by Crippen LogP contribution is 2.47. The van der Waals surface area contributed by atoms with Gasteiger partial charge >= 0.3 is 0 Å². The van der Waals surface area contributed by atoms with Crippen LogP contribution in [0.15, 0.2) is 168 Å². The molecule has 12 aromatic rings. The molecular formula is C48H27N3O. The van der Waals surface area contributed by atoms with E-state index in [1.165, 1.54) is 48.7 Å². The minimum Gasteiger partial charge on any atom is -0.456 e. The van der Waals surface area contributed by atoms with Crippen LogP contribution >= 0.6 is 0 Å². The van der Waals surface area contributed by atoms with E-state index in [1.54, 1.807) is 0 Å². The summed E-state index contributed by atoms with van der Waals surface area (Å²) in [7, 11) is 0. The molecular weight excluding hydrogens is 635 g/mol. The van der Waals surface area contributed by atoms with Crippen molar-refractivity contribution in [3.05, 3.63) is 164 Å². The summed E-state index contributed by atoms with van der Waals surface area (Å²) >= 11 is 0. The molecule has 0 N–H and O–H groups in total. The van der Waals surface area contributed by atoms with Crippen LogP contribution in [0.5, 0.6) is 0 Å². The van der Waals surface area contributed by atoms with Gasteiger partial charge in [-0.1, -0.05) is 115 Å². The normalized spacial score (nSPS) is 12.2. The first-order valence-electron chi connectivity index (χ1n) is 17.7. The van der Waals surface area contributed by atoms with E-state index in [0.29, 0.717) is 0 Å². The third-order valence-corrected chi connectivity index (χ3v) is 10.9. The Bertz CT molecular complexity index is 3410. The molecule has 0 aliphatic heterocycles. The van der Waals surface area contributed by atoms with E-state index in [9.17, 15) is 0 Å². The second-order valence-electron chi connectivity index (χ2n) is 13.7. The van der Waals surface area contributed by atoms with Gasteiger partial charge < -0.3 is 4.42 Å². The molecule has 0 bridgehead atoms. The van der Waals surface area contributed by atoms with Gasteiger partial charge in [-0.05, 0) is 92.0 Å². The fraction of sp³-hybridized carbons (Fsp3) is 0. The lowest BCUT2D eigenvalue weighted by Gasteiger charge is -2.14. The van der Waals surface area contributed by atoms with Crippen molar-refractivity contribution in [2.24, 2.45) is 0 Å². The topological polar surface area (TPSA) is 43.9 Å². The summed E-state index contributed by atoms with van der Waals surface area (Å²) in [6, 6.07) is 58.2. The molecule has 3 heterocycles. The van der Waals surface area contributed by atoms with Crippen LogP contribution < -0.4 is 0 Å². The lowest BCUT2D eigenvalue weighted by atomic mass is 9.89. The van der Waals surface area contributed by atoms with Gasteiger partial charge in [0.05, 0.1) is 22.1 Å². The van der Waals surface area contributed by atoms with Gasteiger partial charge in [-0.15, -0.1) is 0 Å². The van der Waals surface area contributed by atoms with Crippen LogP contribution in [0.3, 0.4) is 0 Å². The summed E-state index contributed by atoms with van der Waals surface area (Å²) in [4.78, 5) is 10.8. The Morgan fingerprint density at radius 1 is 0.385 bits per heavy atom. The van der Waals surface area contributed by atoms with E-state index in [2.05, 4.69) is 138 Å². The number of para-hydroxylation sites is 3. The van der Waals surface area contributed by atoms with E-state index in [4.69, 9.17) is 14.4 Å². The highest BCUT2D eigenvalue weighted by molar-refractivity contribution is 6.38. The summed E-state index contributed by atoms with van der Waals surface area (Å²) < 4.78 is 8.75. The Morgan fingerprint density at radius 3 is 2.00 bits per heavy atom. The van der Waals surface area contributed by atoms with Crippen molar-refractivity contribution in [2.45, 2.75) is 0 Å². The zero-order valence-corrected chi connectivity index (χ0v) is 27.8. The summed E-state index contributed by atoms with van der Waals surface area (Å²) in [5, 5.41) is 12.2. The molecule has 9 aromatic carbocycles. The first kappa shape index (κ1) is 27.7. The molecule has 4 nitrogen and oxygen atoms in total. The number of nitrogens with zero attached hydrogens (tertiary/aromatic N) is 3. The maximum absolute atomic E-state index is 6.39. The molecule has 0 spiro atoms. The quantitative estimate of drug-likeness (QED) is 0.177. The minimum absolute atomic E-state index is 0.790. The number of fused-ring (bicyclic) bond motifs is 9. The minimum atomic E-state index is 0.790. The molecule has 0 saturated heterocycles. The maximum atomic E-state index is 6.39. The number of benzene rings is 9. The van der Waals surface area contributed by atoms with Crippen molar-refractivity contribution in [1.29, 1.82) is 0 Å². The SMILES string of the molecule is c1ccc(-c2cc3c4ccc5ccccc5c4c4cccc5c4c3c(c2)n5-c2nc3ccccc3nc2-c2ccc3c(c2)oc2ccccc23)cc1. The molecule has 0 aliphatic rings. The van der Waals surface area contributed by atoms with Gasteiger partial charge in [-0.3, -0.25) is 4.57 Å². The van der Waals surface area contributed by atoms with Crippen molar-refractivity contribution >= 4 is 87.1 Å². The molecule has 4 heteroatoms. The zero-order chi connectivity index (χ0) is 33.9. The number of hydrogen-bond acceptors (Lipinski definition) is 3. The highest BCUT2D eigenvalue weighted by Gasteiger charge is 2.25. The summed E-state index contributed by atoms with van der Waals surface area (Å²) in [5.41, 5.74) is 9.70. The third-order valence-electron chi connectivity index (χ3n) is 10.9. The monoisotopic (exact) mass is 661 g/mol. The predicted molar refractivity (Wildman–Crippen MR) is 216 cm³/mol. The molecule has 0 radical (unpaired) electrons. The molecule has 0 saturated carbocycles. The van der Waals surface area contributed by atoms with Crippen molar-refractivity contribution in [3.63, 3.8) is 0 Å². The Morgan fingerprint density at radius 2 is 1.10 bits per heavy atom. The van der Waals surface area contributed by atoms with Gasteiger partial charge in [0.1, 0.15) is 16.9 Å². The number of furan rings is 1. The van der Waals surface area contributed by atoms with Gasteiger partial charge in [-0.2, -0.15) is 0 Å². The fourth-order valence-corrected chi connectivity index (χ4v) is 8.63. The molecule has 12 rings (SSSR count). The Hall–Kier alpha value is -7.04. The smallest absolute Gasteiger partial charge is 0.165 e. The van der Waals surface area contributed by atoms with Crippen LogP contribution in [-0.2, 0) is 0 Å². The molecule has 3 aromatic heterocycles. The van der Waals surface area contributed by atoms with Crippen LogP contribution in [0.2, 0.25) is 0 Å². The molecule has 0 amide bonds. The predicted octanol–water partition coefficient (Wildman–Crippen LogP) is 12.9. The van der Waals surface area contributed by atoms with Gasteiger partial charge in [0.15, 0.2) is 5.82 Å². The first-order valence-corrected chi connectivity index (χ1v) is 17.7. The second kappa shape index (κ2) is 10.3. The van der Waals surface area contributed by atoms with Gasteiger partial charge in [0.2, 0.25) is 0 Å². The largest absolute Gasteiger partial charge is 0.456 e. The van der Waals surface area contributed by atoms with E-state index < -0.39 is 0 Å². The molecule has 0 unspecified atom stereocenters. The fourth-order valence-electron chi connectivity index (χ4n) is 8.63. The average molecular weight is 662 g/mol. The number of aromatic nitrogens is 3. The number of rotatable bonds is 3. The highest BCUT2D eigenvalue weighted by atomic mass is 16.3. The summed E-state index contributed by atoms with van der Waals surface area (Å²) in [5.74, 6) is 0.790. The Balaban J connectivity index is 1.27. The van der Waals surface area contributed by atoms with E-state index in [0.717, 1.165) is 66.6 Å². The van der Waals surface area contributed by atoms with E-state index in [-0.39, 0.29) is 0 Å². The van der Waals surface area contributed by atoms with Gasteiger partial charge in [0, 0.05) is 27.1 Å². The lowest BCUT2D eigenvalue weighted by Crippen LogP contribution is -2.03. The molecule has 0 atom stereocenters. The van der Waals surface area contributed by atoms with Crippen LogP contribution in [0, 0.1) is 0 Å². The second-order valence-corrected chi connectivity index (χ2v) is 13.7. The molecule has 0 fully saturated rings. The van der Waals surface area contributed by atoms with Crippen molar-refractivity contribution in [1.82, 2.24) is 14.5 Å². The van der Waals surface area contributed by atoms with Gasteiger partial charge in [-0.25, -0.2) is 9.97 Å². The van der Waals surface area contributed by atoms with E-state index in [1.807, 2.05) is 30.3 Å². The van der Waals surface area contributed by atoms with Crippen LogP contribution in [0.4, 0.5) is 0 Å². The van der Waals surface area contributed by atoms with E-state index >= 15 is 0 Å². The Kier molecular flexibility index (Phi) is 5.47. The maximum Gasteiger partial charge on any atom is 0.165 e. The Labute approximate surface area is 297 Å². The van der Waals surface area contributed by atoms with Crippen molar-refractivity contribution in [2.75, 3.05) is 0 Å². The number of hydrogen-bond donors (Lipinski definition) is 0. The van der Waals surface area contributed by atoms with Crippen LogP contribution in [-0.4, -0.2) is 14.5 Å². The standard InChI is InChI=1S/C48H27N3O/c1-2-11-28(12-3-1)31-25-37-35-24-21-29-13-4-5-14-32(29)44(35)36-16-10-19-40-45(36)46(37)41(26-31)51(40)48-47(49-38-17-7-8-18-39(38)50-48)30-22-23-34-33-15-6-9-20-42(33)52-43(34)27-30/h1-27H. The summed E-state index contributed by atoms with van der Waals surface area (Å²) in [6.07, 6.45) is 0. The first-order chi connectivity index (χ1) is 25.8. The molecule has 240 valence electrons. The third kappa shape index (κ3) is 3.75. The van der Waals surface area contributed by atoms with Gasteiger partial charge in [0.25, 0.3) is 0 Å². The zero-order valence-electron chi connectivity index (χ0n) is 27.8. The van der Waals surface area contributed by atoms with Crippen molar-refractivity contribution < 1.29 is 4.42 Å². The van der Waals surface area contributed by atoms with Crippen molar-refractivity contribution in [3.8, 4) is 28.2 Å². The lowest BCUT2D eigenvalue weighted by molar-refractivity contribution is 0.669. The molecule has 0 aliphatic carbocycles. The van der Waals surface area contributed by atoms with Crippen LogP contribution in [0.25, 0.3) is 115 Å². The summed E-state index contributed by atoms with van der Waals surface area (Å²) in [6.45, 7) is 0. The molecule has 52 heavy (non-hydrogen) atoms. The average Bonchev–Trinajstić information content (AvgIpc) is 3.75.